The van der Waals surface area contributed by atoms with Crippen LogP contribution in [-0.2, 0) is 11.2 Å². The monoisotopic (exact) mass is 247 g/mol. The van der Waals surface area contributed by atoms with E-state index in [-0.39, 0.29) is 11.8 Å². The summed E-state index contributed by atoms with van der Waals surface area (Å²) in [6.07, 6.45) is 1.78. The maximum atomic E-state index is 12.5. The number of carbonyl (C=O) groups is 1. The number of nitrogens with zero attached hydrogens (tertiary/aromatic N) is 1. The van der Waals surface area contributed by atoms with Crippen LogP contribution in [0.5, 0.6) is 5.75 Å². The molecule has 0 bridgehead atoms. The van der Waals surface area contributed by atoms with Crippen LogP contribution in [0.15, 0.2) is 18.2 Å². The van der Waals surface area contributed by atoms with Gasteiger partial charge in [0.2, 0.25) is 5.91 Å². The van der Waals surface area contributed by atoms with Gasteiger partial charge in [-0.25, -0.2) is 0 Å². The summed E-state index contributed by atoms with van der Waals surface area (Å²) in [4.78, 5) is 14.4. The van der Waals surface area contributed by atoms with Gasteiger partial charge in [0.1, 0.15) is 5.75 Å². The van der Waals surface area contributed by atoms with Crippen LogP contribution in [-0.4, -0.2) is 31.0 Å². The molecule has 1 aliphatic heterocycles. The Kier molecular flexibility index (Phi) is 3.90. The van der Waals surface area contributed by atoms with E-state index in [0.717, 1.165) is 37.2 Å². The van der Waals surface area contributed by atoms with E-state index >= 15 is 0 Å². The first-order valence-electron chi connectivity index (χ1n) is 6.66. The maximum absolute atomic E-state index is 12.5. The van der Waals surface area contributed by atoms with E-state index < -0.39 is 0 Å². The lowest BCUT2D eigenvalue weighted by atomic mass is 9.91. The minimum Gasteiger partial charge on any atom is -0.497 e. The summed E-state index contributed by atoms with van der Waals surface area (Å²) >= 11 is 0. The molecule has 1 aromatic carbocycles. The number of rotatable bonds is 3. The van der Waals surface area contributed by atoms with Gasteiger partial charge in [-0.2, -0.15) is 0 Å². The van der Waals surface area contributed by atoms with Crippen molar-refractivity contribution >= 4 is 5.91 Å². The predicted molar refractivity (Wildman–Crippen MR) is 72.0 cm³/mol. The first-order chi connectivity index (χ1) is 8.71. The van der Waals surface area contributed by atoms with Crippen LogP contribution in [0, 0.1) is 0 Å². The molecule has 0 aromatic heterocycles. The van der Waals surface area contributed by atoms with Crippen LogP contribution in [0.1, 0.15) is 37.3 Å². The highest BCUT2D eigenvalue weighted by Crippen LogP contribution is 2.31. The molecule has 1 aliphatic rings. The number of fused-ring (bicyclic) bond motifs is 1. The Morgan fingerprint density at radius 3 is 2.78 bits per heavy atom. The van der Waals surface area contributed by atoms with E-state index in [9.17, 15) is 4.79 Å². The average Bonchev–Trinajstić information content (AvgIpc) is 2.53. The van der Waals surface area contributed by atoms with Gasteiger partial charge in [-0.05, 0) is 43.0 Å². The van der Waals surface area contributed by atoms with Crippen molar-refractivity contribution in [1.82, 2.24) is 4.90 Å². The molecule has 0 fully saturated rings. The SMILES string of the molecule is CCC1C(=O)N(CC)CCc2ccc(OC)cc21. The second-order valence-corrected chi connectivity index (χ2v) is 4.69. The quantitative estimate of drug-likeness (QED) is 0.821. The molecule has 1 atom stereocenters. The summed E-state index contributed by atoms with van der Waals surface area (Å²) in [5.41, 5.74) is 2.43. The highest BCUT2D eigenvalue weighted by Gasteiger charge is 2.28. The molecule has 18 heavy (non-hydrogen) atoms. The van der Waals surface area contributed by atoms with Crippen molar-refractivity contribution in [3.05, 3.63) is 29.3 Å². The molecule has 1 aromatic rings. The summed E-state index contributed by atoms with van der Waals surface area (Å²) in [6, 6.07) is 6.11. The second-order valence-electron chi connectivity index (χ2n) is 4.69. The van der Waals surface area contributed by atoms with Crippen LogP contribution in [0.25, 0.3) is 0 Å². The number of benzene rings is 1. The van der Waals surface area contributed by atoms with Crippen molar-refractivity contribution in [2.45, 2.75) is 32.6 Å². The zero-order valence-electron chi connectivity index (χ0n) is 11.4. The van der Waals surface area contributed by atoms with Crippen molar-refractivity contribution in [2.75, 3.05) is 20.2 Å². The van der Waals surface area contributed by atoms with Gasteiger partial charge in [0, 0.05) is 13.1 Å². The average molecular weight is 247 g/mol. The molecule has 2 rings (SSSR count). The minimum absolute atomic E-state index is 0.0162. The van der Waals surface area contributed by atoms with Gasteiger partial charge in [-0.1, -0.05) is 13.0 Å². The lowest BCUT2D eigenvalue weighted by Crippen LogP contribution is -2.34. The molecule has 0 spiro atoms. The lowest BCUT2D eigenvalue weighted by molar-refractivity contribution is -0.132. The second kappa shape index (κ2) is 5.42. The van der Waals surface area contributed by atoms with Crippen molar-refractivity contribution in [3.63, 3.8) is 0 Å². The largest absolute Gasteiger partial charge is 0.497 e. The van der Waals surface area contributed by atoms with E-state index in [1.54, 1.807) is 7.11 Å². The third-order valence-electron chi connectivity index (χ3n) is 3.78. The molecule has 3 heteroatoms. The van der Waals surface area contributed by atoms with Crippen molar-refractivity contribution in [1.29, 1.82) is 0 Å². The molecular weight excluding hydrogens is 226 g/mol. The number of likely N-dealkylation sites (N-methyl/N-ethyl adjacent to an activating group) is 1. The number of hydrogen-bond acceptors (Lipinski definition) is 2. The molecule has 98 valence electrons. The number of carbonyl (C=O) groups excluding carboxylic acids is 1. The maximum Gasteiger partial charge on any atom is 0.230 e. The highest BCUT2D eigenvalue weighted by molar-refractivity contribution is 5.85. The molecule has 3 nitrogen and oxygen atoms in total. The van der Waals surface area contributed by atoms with Crippen molar-refractivity contribution < 1.29 is 9.53 Å². The third-order valence-corrected chi connectivity index (χ3v) is 3.78. The zero-order valence-corrected chi connectivity index (χ0v) is 11.4. The molecular formula is C15H21NO2. The molecule has 1 unspecified atom stereocenters. The standard InChI is InChI=1S/C15H21NO2/c1-4-13-14-10-12(18-3)7-6-11(14)8-9-16(5-2)15(13)17/h6-7,10,13H,4-5,8-9H2,1-3H3. The van der Waals surface area contributed by atoms with E-state index in [0.29, 0.717) is 0 Å². The molecule has 0 aliphatic carbocycles. The fourth-order valence-corrected chi connectivity index (χ4v) is 2.68. The minimum atomic E-state index is -0.0162. The molecule has 0 saturated carbocycles. The normalized spacial score (nSPS) is 19.4. The Hall–Kier alpha value is -1.51. The van der Waals surface area contributed by atoms with E-state index in [4.69, 9.17) is 4.74 Å². The first-order valence-corrected chi connectivity index (χ1v) is 6.66. The van der Waals surface area contributed by atoms with Gasteiger partial charge in [-0.15, -0.1) is 0 Å². The topological polar surface area (TPSA) is 29.5 Å². The number of amides is 1. The van der Waals surface area contributed by atoms with Crippen molar-refractivity contribution in [2.24, 2.45) is 0 Å². The summed E-state index contributed by atoms with van der Waals surface area (Å²) in [5, 5.41) is 0. The molecule has 1 heterocycles. The number of methoxy groups -OCH3 is 1. The molecule has 0 N–H and O–H groups in total. The summed E-state index contributed by atoms with van der Waals surface area (Å²) < 4.78 is 5.28. The van der Waals surface area contributed by atoms with E-state index in [1.807, 2.05) is 24.0 Å². The molecule has 1 amide bonds. The third kappa shape index (κ3) is 2.22. The summed E-state index contributed by atoms with van der Waals surface area (Å²) in [7, 11) is 1.67. The van der Waals surface area contributed by atoms with Crippen LogP contribution >= 0.6 is 0 Å². The van der Waals surface area contributed by atoms with Gasteiger partial charge in [0.25, 0.3) is 0 Å². The Labute approximate surface area is 109 Å². The van der Waals surface area contributed by atoms with E-state index in [2.05, 4.69) is 13.0 Å². The molecule has 0 radical (unpaired) electrons. The van der Waals surface area contributed by atoms with Crippen LogP contribution < -0.4 is 4.74 Å². The van der Waals surface area contributed by atoms with Crippen LogP contribution in [0.4, 0.5) is 0 Å². The zero-order chi connectivity index (χ0) is 13.1. The summed E-state index contributed by atoms with van der Waals surface area (Å²) in [5.74, 6) is 1.08. The van der Waals surface area contributed by atoms with Gasteiger partial charge < -0.3 is 9.64 Å². The fourth-order valence-electron chi connectivity index (χ4n) is 2.68. The van der Waals surface area contributed by atoms with Crippen LogP contribution in [0.2, 0.25) is 0 Å². The van der Waals surface area contributed by atoms with Gasteiger partial charge in [0.15, 0.2) is 0 Å². The van der Waals surface area contributed by atoms with E-state index in [1.165, 1.54) is 5.56 Å². The Bertz CT molecular complexity index is 442. The Morgan fingerprint density at radius 2 is 2.17 bits per heavy atom. The predicted octanol–water partition coefficient (Wildman–Crippen LogP) is 2.59. The van der Waals surface area contributed by atoms with Gasteiger partial charge in [-0.3, -0.25) is 4.79 Å². The van der Waals surface area contributed by atoms with Gasteiger partial charge >= 0.3 is 0 Å². The van der Waals surface area contributed by atoms with Gasteiger partial charge in [0.05, 0.1) is 13.0 Å². The first kappa shape index (κ1) is 12.9. The Morgan fingerprint density at radius 1 is 1.39 bits per heavy atom. The van der Waals surface area contributed by atoms with Crippen molar-refractivity contribution in [3.8, 4) is 5.75 Å². The fraction of sp³-hybridized carbons (Fsp3) is 0.533. The highest BCUT2D eigenvalue weighted by atomic mass is 16.5. The summed E-state index contributed by atoms with van der Waals surface area (Å²) in [6.45, 7) is 5.73. The lowest BCUT2D eigenvalue weighted by Gasteiger charge is -2.22. The number of hydrogen-bond donors (Lipinski definition) is 0. The smallest absolute Gasteiger partial charge is 0.230 e. The number of ether oxygens (including phenoxy) is 1. The van der Waals surface area contributed by atoms with Crippen LogP contribution in [0.3, 0.4) is 0 Å². The Balaban J connectivity index is 2.44. The molecule has 0 saturated heterocycles.